The van der Waals surface area contributed by atoms with E-state index in [2.05, 4.69) is 25.8 Å². The molecule has 0 radical (unpaired) electrons. The summed E-state index contributed by atoms with van der Waals surface area (Å²) in [6, 6.07) is 7.56. The summed E-state index contributed by atoms with van der Waals surface area (Å²) < 4.78 is 19.0. The van der Waals surface area contributed by atoms with Crippen molar-refractivity contribution in [1.29, 1.82) is 0 Å². The van der Waals surface area contributed by atoms with Crippen molar-refractivity contribution < 1.29 is 19.1 Å². The number of hydrogen-bond acceptors (Lipinski definition) is 7. The largest absolute Gasteiger partial charge is 0.492 e. The molecule has 0 atom stereocenters. The molecule has 30 heavy (non-hydrogen) atoms. The van der Waals surface area contributed by atoms with E-state index in [9.17, 15) is 9.18 Å². The Morgan fingerprint density at radius 2 is 2.17 bits per heavy atom. The average Bonchev–Trinajstić information content (AvgIpc) is 2.72. The van der Waals surface area contributed by atoms with Gasteiger partial charge in [0, 0.05) is 23.2 Å². The summed E-state index contributed by atoms with van der Waals surface area (Å²) in [5.74, 6) is -0.117. The second kappa shape index (κ2) is 9.66. The zero-order valence-electron chi connectivity index (χ0n) is 15.8. The summed E-state index contributed by atoms with van der Waals surface area (Å²) in [4.78, 5) is 20.6. The van der Waals surface area contributed by atoms with Gasteiger partial charge in [0.25, 0.3) is 0 Å². The minimum Gasteiger partial charge on any atom is -0.492 e. The summed E-state index contributed by atoms with van der Waals surface area (Å²) >= 11 is 5.85. The smallest absolute Gasteiger partial charge is 0.248 e. The number of benzene rings is 2. The third-order valence-corrected chi connectivity index (χ3v) is 4.17. The zero-order valence-corrected chi connectivity index (χ0v) is 16.5. The Balaban J connectivity index is 2.00. The Bertz CT molecular complexity index is 1140. The van der Waals surface area contributed by atoms with Gasteiger partial charge in [0.05, 0.1) is 29.0 Å². The van der Waals surface area contributed by atoms with E-state index in [1.807, 2.05) is 6.92 Å². The third-order valence-electron chi connectivity index (χ3n) is 3.88. The summed E-state index contributed by atoms with van der Waals surface area (Å²) in [5.41, 5.74) is 1.51. The highest BCUT2D eigenvalue weighted by molar-refractivity contribution is 6.31. The van der Waals surface area contributed by atoms with Crippen molar-refractivity contribution in [1.82, 2.24) is 9.97 Å². The van der Waals surface area contributed by atoms with Crippen LogP contribution in [0.5, 0.6) is 5.75 Å². The minimum absolute atomic E-state index is 0.0249. The monoisotopic (exact) mass is 429 g/mol. The number of halogens is 2. The number of carbonyl (C=O) groups excluding carboxylic acids is 1. The van der Waals surface area contributed by atoms with Gasteiger partial charge in [-0.1, -0.05) is 16.8 Å². The van der Waals surface area contributed by atoms with Crippen LogP contribution >= 0.6 is 11.6 Å². The van der Waals surface area contributed by atoms with Gasteiger partial charge in [-0.3, -0.25) is 4.79 Å². The molecule has 0 saturated carbocycles. The Hall–Kier alpha value is -3.72. The van der Waals surface area contributed by atoms with E-state index in [1.54, 1.807) is 12.1 Å². The van der Waals surface area contributed by atoms with Gasteiger partial charge in [-0.05, 0) is 37.3 Å². The van der Waals surface area contributed by atoms with Crippen molar-refractivity contribution in [3.8, 4) is 5.75 Å². The standard InChI is InChI=1S/C20H17ClFN5O3/c1-2-30-18-10-16-13(9-17(18)27-19(28)4-3-7-25-29)20(24-11-23-16)26-12-5-6-15(22)14(21)8-12/h3-11,29H,2H2,1H3,(H,27,28)(H,23,24,26)/b4-3+,25-7-. The third kappa shape index (κ3) is 5.00. The lowest BCUT2D eigenvalue weighted by molar-refractivity contribution is -0.111. The van der Waals surface area contributed by atoms with Crippen molar-refractivity contribution in [2.24, 2.45) is 5.16 Å². The van der Waals surface area contributed by atoms with E-state index in [1.165, 1.54) is 36.7 Å². The second-order valence-electron chi connectivity index (χ2n) is 5.89. The van der Waals surface area contributed by atoms with Crippen molar-refractivity contribution in [3.63, 3.8) is 0 Å². The molecule has 10 heteroatoms. The van der Waals surface area contributed by atoms with E-state index < -0.39 is 11.7 Å². The van der Waals surface area contributed by atoms with Gasteiger partial charge in [0.2, 0.25) is 5.91 Å². The van der Waals surface area contributed by atoms with Gasteiger partial charge in [0.1, 0.15) is 23.7 Å². The van der Waals surface area contributed by atoms with E-state index in [4.69, 9.17) is 21.5 Å². The number of nitrogens with zero attached hydrogens (tertiary/aromatic N) is 3. The van der Waals surface area contributed by atoms with Crippen molar-refractivity contribution in [2.45, 2.75) is 6.92 Å². The van der Waals surface area contributed by atoms with Gasteiger partial charge in [-0.2, -0.15) is 0 Å². The maximum Gasteiger partial charge on any atom is 0.248 e. The summed E-state index contributed by atoms with van der Waals surface area (Å²) in [5, 5.41) is 17.5. The van der Waals surface area contributed by atoms with Crippen molar-refractivity contribution in [2.75, 3.05) is 17.2 Å². The number of ether oxygens (including phenoxy) is 1. The molecule has 0 aliphatic heterocycles. The van der Waals surface area contributed by atoms with Gasteiger partial charge in [-0.15, -0.1) is 0 Å². The van der Waals surface area contributed by atoms with Gasteiger partial charge in [-0.25, -0.2) is 14.4 Å². The highest BCUT2D eigenvalue weighted by Gasteiger charge is 2.13. The number of allylic oxidation sites excluding steroid dienone is 1. The lowest BCUT2D eigenvalue weighted by atomic mass is 10.1. The molecule has 3 rings (SSSR count). The van der Waals surface area contributed by atoms with Crippen molar-refractivity contribution >= 4 is 51.8 Å². The maximum atomic E-state index is 13.4. The van der Waals surface area contributed by atoms with Crippen LogP contribution < -0.4 is 15.4 Å². The molecular weight excluding hydrogens is 413 g/mol. The number of aromatic nitrogens is 2. The van der Waals surface area contributed by atoms with E-state index in [-0.39, 0.29) is 5.02 Å². The fourth-order valence-corrected chi connectivity index (χ4v) is 2.79. The van der Waals surface area contributed by atoms with Crippen LogP contribution in [0.1, 0.15) is 6.92 Å². The summed E-state index contributed by atoms with van der Waals surface area (Å²) in [7, 11) is 0. The Kier molecular flexibility index (Phi) is 6.76. The normalized spacial score (nSPS) is 11.3. The summed E-state index contributed by atoms with van der Waals surface area (Å²) in [6.07, 6.45) is 4.92. The van der Waals surface area contributed by atoms with Crippen LogP contribution in [0.15, 0.2) is 54.0 Å². The van der Waals surface area contributed by atoms with Crippen LogP contribution in [0, 0.1) is 5.82 Å². The maximum absolute atomic E-state index is 13.4. The predicted molar refractivity (Wildman–Crippen MR) is 113 cm³/mol. The minimum atomic E-state index is -0.527. The van der Waals surface area contributed by atoms with E-state index >= 15 is 0 Å². The highest BCUT2D eigenvalue weighted by Crippen LogP contribution is 2.33. The lowest BCUT2D eigenvalue weighted by Crippen LogP contribution is -2.10. The molecule has 3 aromatic rings. The Morgan fingerprint density at radius 3 is 2.90 bits per heavy atom. The quantitative estimate of drug-likeness (QED) is 0.220. The molecule has 1 heterocycles. The molecule has 0 fully saturated rings. The highest BCUT2D eigenvalue weighted by atomic mass is 35.5. The van der Waals surface area contributed by atoms with Crippen LogP contribution in [0.25, 0.3) is 10.9 Å². The first-order valence-corrected chi connectivity index (χ1v) is 9.18. The number of rotatable bonds is 7. The van der Waals surface area contributed by atoms with Gasteiger partial charge in [0.15, 0.2) is 0 Å². The number of carbonyl (C=O) groups is 1. The average molecular weight is 430 g/mol. The molecule has 3 N–H and O–H groups in total. The number of amides is 1. The number of fused-ring (bicyclic) bond motifs is 1. The molecule has 8 nitrogen and oxygen atoms in total. The Morgan fingerprint density at radius 1 is 1.33 bits per heavy atom. The number of nitrogens with one attached hydrogen (secondary N) is 2. The Labute approximate surface area is 176 Å². The van der Waals surface area contributed by atoms with Crippen LogP contribution in [0.4, 0.5) is 21.6 Å². The van der Waals surface area contributed by atoms with Crippen molar-refractivity contribution in [3.05, 3.63) is 59.7 Å². The second-order valence-corrected chi connectivity index (χ2v) is 6.29. The number of anilines is 3. The lowest BCUT2D eigenvalue weighted by Gasteiger charge is -2.14. The van der Waals surface area contributed by atoms with Gasteiger partial charge < -0.3 is 20.6 Å². The SMILES string of the molecule is CCOc1cc2ncnc(Nc3ccc(F)c(Cl)c3)c2cc1NC(=O)/C=C/C=N\O. The molecule has 0 unspecified atom stereocenters. The topological polar surface area (TPSA) is 109 Å². The molecule has 154 valence electrons. The summed E-state index contributed by atoms with van der Waals surface area (Å²) in [6.45, 7) is 2.20. The number of oxime groups is 1. The molecule has 2 aromatic carbocycles. The van der Waals surface area contributed by atoms with E-state index in [0.29, 0.717) is 40.5 Å². The predicted octanol–water partition coefficient (Wildman–Crippen LogP) is 4.52. The zero-order chi connectivity index (χ0) is 21.5. The van der Waals surface area contributed by atoms with E-state index in [0.717, 1.165) is 6.21 Å². The molecule has 0 bridgehead atoms. The molecular formula is C20H17ClFN5O3. The molecule has 1 amide bonds. The van der Waals surface area contributed by atoms with Crippen LogP contribution in [-0.4, -0.2) is 33.9 Å². The number of hydrogen-bond donors (Lipinski definition) is 3. The fourth-order valence-electron chi connectivity index (χ4n) is 2.61. The van der Waals surface area contributed by atoms with Crippen LogP contribution in [0.2, 0.25) is 5.02 Å². The van der Waals surface area contributed by atoms with Crippen LogP contribution in [0.3, 0.4) is 0 Å². The van der Waals surface area contributed by atoms with Crippen LogP contribution in [-0.2, 0) is 4.79 Å². The molecule has 0 saturated heterocycles. The fraction of sp³-hybridized carbons (Fsp3) is 0.100. The first kappa shape index (κ1) is 21.0. The molecule has 0 aliphatic carbocycles. The molecule has 0 aliphatic rings. The molecule has 0 spiro atoms. The first-order valence-electron chi connectivity index (χ1n) is 8.80. The first-order chi connectivity index (χ1) is 14.5. The van der Waals surface area contributed by atoms with Gasteiger partial charge >= 0.3 is 0 Å². The molecule has 1 aromatic heterocycles.